The summed E-state index contributed by atoms with van der Waals surface area (Å²) in [5, 5.41) is 7.33. The Morgan fingerprint density at radius 3 is 2.47 bits per heavy atom. The van der Waals surface area contributed by atoms with Gasteiger partial charge in [-0.3, -0.25) is 24.1 Å². The van der Waals surface area contributed by atoms with Gasteiger partial charge in [-0.1, -0.05) is 12.1 Å². The molecule has 0 aliphatic carbocycles. The Morgan fingerprint density at radius 2 is 1.80 bits per heavy atom. The van der Waals surface area contributed by atoms with Crippen LogP contribution in [0.25, 0.3) is 0 Å². The number of aromatic nitrogens is 2. The number of amides is 2. The molecule has 0 atom stereocenters. The van der Waals surface area contributed by atoms with Crippen LogP contribution < -0.4 is 10.2 Å². The lowest BCUT2D eigenvalue weighted by Crippen LogP contribution is -2.37. The molecule has 1 N–H and O–H groups in total. The van der Waals surface area contributed by atoms with Crippen LogP contribution in [0.1, 0.15) is 63.1 Å². The van der Waals surface area contributed by atoms with Gasteiger partial charge in [0.2, 0.25) is 5.91 Å². The molecule has 0 spiro atoms. The summed E-state index contributed by atoms with van der Waals surface area (Å²) in [5.41, 5.74) is 2.98. The molecule has 3 rings (SSSR count). The summed E-state index contributed by atoms with van der Waals surface area (Å²) in [4.78, 5) is 30.3. The second-order valence-corrected chi connectivity index (χ2v) is 8.49. The lowest BCUT2D eigenvalue weighted by molar-refractivity contribution is -0.118. The number of rotatable bonds is 7. The van der Waals surface area contributed by atoms with Crippen LogP contribution in [-0.2, 0) is 11.8 Å². The van der Waals surface area contributed by atoms with Crippen molar-refractivity contribution in [3.05, 3.63) is 35.7 Å². The zero-order valence-electron chi connectivity index (χ0n) is 18.9. The molecular weight excluding hydrogens is 378 g/mol. The van der Waals surface area contributed by atoms with E-state index in [1.165, 1.54) is 0 Å². The zero-order chi connectivity index (χ0) is 22.0. The van der Waals surface area contributed by atoms with Crippen molar-refractivity contribution in [3.8, 4) is 0 Å². The Bertz CT molecular complexity index is 924. The molecule has 30 heavy (non-hydrogen) atoms. The third-order valence-electron chi connectivity index (χ3n) is 5.66. The molecule has 2 amide bonds. The lowest BCUT2D eigenvalue weighted by Gasteiger charge is -2.30. The molecule has 2 aromatic rings. The maximum absolute atomic E-state index is 13.4. The van der Waals surface area contributed by atoms with Crippen molar-refractivity contribution in [2.45, 2.75) is 66.0 Å². The van der Waals surface area contributed by atoms with Crippen LogP contribution >= 0.6 is 0 Å². The molecule has 1 aliphatic rings. The topological polar surface area (TPSA) is 70.5 Å². The maximum Gasteiger partial charge on any atom is 0.276 e. The Balaban J connectivity index is 1.83. The van der Waals surface area contributed by atoms with Crippen molar-refractivity contribution in [2.24, 2.45) is 7.05 Å². The van der Waals surface area contributed by atoms with Crippen molar-refractivity contribution in [1.29, 1.82) is 0 Å². The van der Waals surface area contributed by atoms with E-state index in [0.29, 0.717) is 47.0 Å². The van der Waals surface area contributed by atoms with Gasteiger partial charge >= 0.3 is 0 Å². The van der Waals surface area contributed by atoms with Gasteiger partial charge in [0.05, 0.1) is 17.1 Å². The monoisotopic (exact) mass is 411 g/mol. The lowest BCUT2D eigenvalue weighted by atomic mass is 10.1. The van der Waals surface area contributed by atoms with Crippen LogP contribution in [0, 0.1) is 6.92 Å². The van der Waals surface area contributed by atoms with Crippen LogP contribution in [0.3, 0.4) is 0 Å². The Morgan fingerprint density at radius 1 is 1.13 bits per heavy atom. The van der Waals surface area contributed by atoms with Crippen molar-refractivity contribution >= 4 is 28.9 Å². The van der Waals surface area contributed by atoms with Crippen molar-refractivity contribution in [1.82, 2.24) is 14.7 Å². The number of nitrogens with zero attached hydrogens (tertiary/aromatic N) is 4. The average molecular weight is 412 g/mol. The number of nitrogens with one attached hydrogen (secondary N) is 1. The number of hydrogen-bond donors (Lipinski definition) is 1. The molecule has 0 fully saturated rings. The summed E-state index contributed by atoms with van der Waals surface area (Å²) < 4.78 is 1.55. The smallest absolute Gasteiger partial charge is 0.276 e. The van der Waals surface area contributed by atoms with E-state index < -0.39 is 0 Å². The van der Waals surface area contributed by atoms with Crippen LogP contribution in [0.2, 0.25) is 0 Å². The van der Waals surface area contributed by atoms with Crippen molar-refractivity contribution < 1.29 is 9.59 Å². The molecule has 162 valence electrons. The van der Waals surface area contributed by atoms with Gasteiger partial charge in [-0.25, -0.2) is 0 Å². The van der Waals surface area contributed by atoms with Crippen molar-refractivity contribution in [3.63, 3.8) is 0 Å². The average Bonchev–Trinajstić information content (AvgIpc) is 2.88. The van der Waals surface area contributed by atoms with E-state index in [0.717, 1.165) is 19.4 Å². The highest BCUT2D eigenvalue weighted by Crippen LogP contribution is 2.39. The molecule has 7 heteroatoms. The van der Waals surface area contributed by atoms with Crippen molar-refractivity contribution in [2.75, 3.05) is 16.8 Å². The van der Waals surface area contributed by atoms with E-state index in [1.54, 1.807) is 16.6 Å². The molecule has 0 saturated carbocycles. The molecule has 0 radical (unpaired) electrons. The van der Waals surface area contributed by atoms with Crippen LogP contribution in [-0.4, -0.2) is 45.1 Å². The quantitative estimate of drug-likeness (QED) is 0.692. The molecule has 1 aromatic carbocycles. The van der Waals surface area contributed by atoms with Crippen LogP contribution in [0.15, 0.2) is 24.3 Å². The summed E-state index contributed by atoms with van der Waals surface area (Å²) in [5.74, 6) is -0.266. The summed E-state index contributed by atoms with van der Waals surface area (Å²) in [7, 11) is 1.73. The number of benzene rings is 1. The second kappa shape index (κ2) is 9.00. The molecule has 1 aliphatic heterocycles. The first-order chi connectivity index (χ1) is 14.2. The van der Waals surface area contributed by atoms with Gasteiger partial charge in [0, 0.05) is 25.6 Å². The van der Waals surface area contributed by atoms with E-state index in [9.17, 15) is 9.59 Å². The molecule has 1 aromatic heterocycles. The highest BCUT2D eigenvalue weighted by Gasteiger charge is 2.33. The Hall–Kier alpha value is -2.67. The Kier molecular flexibility index (Phi) is 6.61. The third-order valence-corrected chi connectivity index (χ3v) is 5.66. The van der Waals surface area contributed by atoms with Gasteiger partial charge in [-0.05, 0) is 66.1 Å². The number of para-hydroxylation sites is 2. The normalized spacial score (nSPS) is 13.5. The first-order valence-electron chi connectivity index (χ1n) is 10.7. The molecule has 0 bridgehead atoms. The van der Waals surface area contributed by atoms with Gasteiger partial charge in [0.25, 0.3) is 5.91 Å². The van der Waals surface area contributed by atoms with E-state index in [1.807, 2.05) is 31.2 Å². The van der Waals surface area contributed by atoms with Gasteiger partial charge < -0.3 is 5.32 Å². The molecule has 0 unspecified atom stereocenters. The third kappa shape index (κ3) is 4.26. The maximum atomic E-state index is 13.4. The summed E-state index contributed by atoms with van der Waals surface area (Å²) in [6.45, 7) is 11.6. The predicted octanol–water partition coefficient (Wildman–Crippen LogP) is 4.25. The zero-order valence-corrected chi connectivity index (χ0v) is 18.9. The Labute approximate surface area is 179 Å². The number of anilines is 3. The molecular formula is C23H33N5O2. The van der Waals surface area contributed by atoms with E-state index in [2.05, 4.69) is 43.0 Å². The molecule has 0 saturated heterocycles. The second-order valence-electron chi connectivity index (χ2n) is 8.49. The number of carbonyl (C=O) groups is 2. The fourth-order valence-corrected chi connectivity index (χ4v) is 4.30. The first kappa shape index (κ1) is 22.0. The summed E-state index contributed by atoms with van der Waals surface area (Å²) in [6, 6.07) is 8.40. The number of carbonyl (C=O) groups excluding carboxylic acids is 2. The van der Waals surface area contributed by atoms with Crippen LogP contribution in [0.4, 0.5) is 17.1 Å². The summed E-state index contributed by atoms with van der Waals surface area (Å²) in [6.07, 6.45) is 2.16. The molecule has 2 heterocycles. The minimum atomic E-state index is -0.250. The minimum Gasteiger partial charge on any atom is -0.319 e. The first-order valence-corrected chi connectivity index (χ1v) is 10.7. The van der Waals surface area contributed by atoms with E-state index in [4.69, 9.17) is 0 Å². The fraction of sp³-hybridized carbons (Fsp3) is 0.522. The summed E-state index contributed by atoms with van der Waals surface area (Å²) >= 11 is 0. The predicted molar refractivity (Wildman–Crippen MR) is 120 cm³/mol. The SMILES string of the molecule is Cc1nn(C)c2c1N(C(=O)CCCCN(C(C)C)C(C)C)c1ccccc1NC2=O. The molecule has 7 nitrogen and oxygen atoms in total. The standard InChI is InChI=1S/C23H33N5O2/c1-15(2)27(16(3)4)14-10-9-13-20(29)28-19-12-8-7-11-18(19)24-23(30)22-21(28)17(5)25-26(22)6/h7-8,11-12,15-16H,9-10,13-14H2,1-6H3,(H,24,30). The van der Waals surface area contributed by atoms with Crippen LogP contribution in [0.5, 0.6) is 0 Å². The number of aryl methyl sites for hydroxylation is 2. The van der Waals surface area contributed by atoms with Gasteiger partial charge in [-0.15, -0.1) is 0 Å². The number of hydrogen-bond acceptors (Lipinski definition) is 4. The van der Waals surface area contributed by atoms with Gasteiger partial charge in [0.1, 0.15) is 5.69 Å². The fourth-order valence-electron chi connectivity index (χ4n) is 4.30. The number of unbranched alkanes of at least 4 members (excludes halogenated alkanes) is 1. The highest BCUT2D eigenvalue weighted by atomic mass is 16.2. The van der Waals surface area contributed by atoms with E-state index in [-0.39, 0.29) is 11.8 Å². The van der Waals surface area contributed by atoms with Gasteiger partial charge in [0.15, 0.2) is 5.69 Å². The van der Waals surface area contributed by atoms with Gasteiger partial charge in [-0.2, -0.15) is 5.10 Å². The minimum absolute atomic E-state index is 0.0167. The number of fused-ring (bicyclic) bond motifs is 2. The largest absolute Gasteiger partial charge is 0.319 e. The highest BCUT2D eigenvalue weighted by molar-refractivity contribution is 6.17. The van der Waals surface area contributed by atoms with E-state index >= 15 is 0 Å².